The monoisotopic (exact) mass is 219 g/mol. The Morgan fingerprint density at radius 3 is 3.06 bits per heavy atom. The summed E-state index contributed by atoms with van der Waals surface area (Å²) in [5.41, 5.74) is 0. The largest absolute Gasteiger partial charge is 0.478 e. The van der Waals surface area contributed by atoms with Gasteiger partial charge >= 0.3 is 0 Å². The fraction of sp³-hybridized carbons (Fsp3) is 0.500. The molecule has 0 spiro atoms. The van der Waals surface area contributed by atoms with Crippen LogP contribution in [-0.4, -0.2) is 23.1 Å². The molecule has 0 aliphatic carbocycles. The van der Waals surface area contributed by atoms with E-state index in [9.17, 15) is 0 Å². The molecular weight excluding hydrogens is 202 g/mol. The van der Waals surface area contributed by atoms with Gasteiger partial charge in [-0.25, -0.2) is 9.97 Å². The molecule has 16 heavy (non-hydrogen) atoms. The van der Waals surface area contributed by atoms with Crippen molar-refractivity contribution in [3.63, 3.8) is 0 Å². The molecule has 0 unspecified atom stereocenters. The third-order valence-corrected chi connectivity index (χ3v) is 1.83. The zero-order valence-electron chi connectivity index (χ0n) is 9.79. The lowest BCUT2D eigenvalue weighted by Gasteiger charge is -2.06. The van der Waals surface area contributed by atoms with E-state index in [4.69, 9.17) is 4.74 Å². The van der Waals surface area contributed by atoms with Crippen LogP contribution in [0.1, 0.15) is 26.7 Å². The van der Waals surface area contributed by atoms with Gasteiger partial charge in [-0.3, -0.25) is 0 Å². The van der Waals surface area contributed by atoms with Crippen molar-refractivity contribution in [2.75, 3.05) is 18.5 Å². The van der Waals surface area contributed by atoms with Gasteiger partial charge in [-0.15, -0.1) is 11.8 Å². The van der Waals surface area contributed by atoms with Crippen LogP contribution in [0.15, 0.2) is 12.4 Å². The Labute approximate surface area is 96.5 Å². The molecule has 4 nitrogen and oxygen atoms in total. The van der Waals surface area contributed by atoms with Crippen LogP contribution in [0.4, 0.5) is 5.82 Å². The minimum absolute atomic E-state index is 0.612. The molecule has 0 aliphatic heterocycles. The second-order valence-electron chi connectivity index (χ2n) is 3.19. The molecule has 1 heterocycles. The van der Waals surface area contributed by atoms with E-state index in [-0.39, 0.29) is 0 Å². The van der Waals surface area contributed by atoms with Gasteiger partial charge in [0.1, 0.15) is 12.1 Å². The summed E-state index contributed by atoms with van der Waals surface area (Å²) in [7, 11) is 0. The van der Waals surface area contributed by atoms with Crippen LogP contribution < -0.4 is 10.1 Å². The lowest BCUT2D eigenvalue weighted by Crippen LogP contribution is -2.04. The summed E-state index contributed by atoms with van der Waals surface area (Å²) in [6, 6.07) is 1.80. The molecular formula is C12H17N3O. The first kappa shape index (κ1) is 12.3. The molecule has 1 rings (SSSR count). The highest BCUT2D eigenvalue weighted by Gasteiger charge is 1.98. The Bertz CT molecular complexity index is 368. The van der Waals surface area contributed by atoms with Gasteiger partial charge in [-0.05, 0) is 13.3 Å². The van der Waals surface area contributed by atoms with Crippen LogP contribution in [0, 0.1) is 11.8 Å². The lowest BCUT2D eigenvalue weighted by molar-refractivity contribution is 0.305. The number of hydrogen-bond acceptors (Lipinski definition) is 4. The third-order valence-electron chi connectivity index (χ3n) is 1.83. The van der Waals surface area contributed by atoms with Gasteiger partial charge in [-0.1, -0.05) is 6.92 Å². The van der Waals surface area contributed by atoms with Crippen LogP contribution in [0.3, 0.4) is 0 Å². The molecule has 0 saturated carbocycles. The number of ether oxygens (including phenoxy) is 1. The Hall–Kier alpha value is -1.76. The van der Waals surface area contributed by atoms with Crippen LogP contribution in [0.25, 0.3) is 0 Å². The number of nitrogens with zero attached hydrogens (tertiary/aromatic N) is 2. The maximum atomic E-state index is 5.40. The van der Waals surface area contributed by atoms with Crippen molar-refractivity contribution in [3.05, 3.63) is 12.4 Å². The Kier molecular flexibility index (Phi) is 5.79. The molecule has 1 N–H and O–H groups in total. The van der Waals surface area contributed by atoms with Gasteiger partial charge in [0.2, 0.25) is 5.88 Å². The van der Waals surface area contributed by atoms with E-state index < -0.39 is 0 Å². The predicted molar refractivity (Wildman–Crippen MR) is 64.4 cm³/mol. The number of aromatic nitrogens is 2. The van der Waals surface area contributed by atoms with Gasteiger partial charge in [0, 0.05) is 19.0 Å². The average Bonchev–Trinajstić information content (AvgIpc) is 2.33. The predicted octanol–water partition coefficient (Wildman–Crippen LogP) is 2.09. The van der Waals surface area contributed by atoms with Gasteiger partial charge < -0.3 is 10.1 Å². The van der Waals surface area contributed by atoms with Crippen LogP contribution in [0.2, 0.25) is 0 Å². The number of hydrogen-bond donors (Lipinski definition) is 1. The molecule has 0 bridgehead atoms. The number of nitrogens with one attached hydrogen (secondary N) is 1. The summed E-state index contributed by atoms with van der Waals surface area (Å²) >= 11 is 0. The fourth-order valence-electron chi connectivity index (χ4n) is 1.10. The fourth-order valence-corrected chi connectivity index (χ4v) is 1.10. The van der Waals surface area contributed by atoms with Crippen molar-refractivity contribution >= 4 is 5.82 Å². The van der Waals surface area contributed by atoms with Crippen LogP contribution >= 0.6 is 0 Å². The molecule has 86 valence electrons. The minimum Gasteiger partial charge on any atom is -0.478 e. The maximum absolute atomic E-state index is 5.40. The molecule has 0 fully saturated rings. The Morgan fingerprint density at radius 2 is 2.31 bits per heavy atom. The van der Waals surface area contributed by atoms with Crippen molar-refractivity contribution in [1.82, 2.24) is 9.97 Å². The summed E-state index contributed by atoms with van der Waals surface area (Å²) in [5.74, 6) is 7.21. The lowest BCUT2D eigenvalue weighted by atomic mass is 10.4. The summed E-state index contributed by atoms with van der Waals surface area (Å²) in [4.78, 5) is 8.11. The zero-order valence-corrected chi connectivity index (χ0v) is 9.79. The van der Waals surface area contributed by atoms with Crippen molar-refractivity contribution < 1.29 is 4.74 Å². The minimum atomic E-state index is 0.612. The van der Waals surface area contributed by atoms with Crippen LogP contribution in [-0.2, 0) is 0 Å². The molecule has 1 aromatic heterocycles. The standard InChI is InChI=1S/C12H17N3O/c1-3-5-6-7-13-11-9-12(15-10-14-11)16-8-4-2/h9-10H,4,6-8H2,1-2H3,(H,13,14,15). The highest BCUT2D eigenvalue weighted by molar-refractivity contribution is 5.37. The molecule has 0 atom stereocenters. The van der Waals surface area contributed by atoms with E-state index in [2.05, 4.69) is 34.0 Å². The van der Waals surface area contributed by atoms with Gasteiger partial charge in [0.25, 0.3) is 0 Å². The Balaban J connectivity index is 2.42. The van der Waals surface area contributed by atoms with Crippen molar-refractivity contribution in [2.45, 2.75) is 26.7 Å². The molecule has 0 amide bonds. The SMILES string of the molecule is CC#CCCNc1cc(OCCC)ncn1. The van der Waals surface area contributed by atoms with E-state index in [0.717, 1.165) is 25.2 Å². The van der Waals surface area contributed by atoms with Crippen molar-refractivity contribution in [1.29, 1.82) is 0 Å². The first-order valence-electron chi connectivity index (χ1n) is 5.45. The quantitative estimate of drug-likeness (QED) is 0.588. The first-order chi connectivity index (χ1) is 7.86. The van der Waals surface area contributed by atoms with E-state index in [1.165, 1.54) is 6.33 Å². The third kappa shape index (κ3) is 4.65. The van der Waals surface area contributed by atoms with Crippen LogP contribution in [0.5, 0.6) is 5.88 Å². The van der Waals surface area contributed by atoms with Crippen molar-refractivity contribution in [3.8, 4) is 17.7 Å². The van der Waals surface area contributed by atoms with Gasteiger partial charge in [0.15, 0.2) is 0 Å². The summed E-state index contributed by atoms with van der Waals surface area (Å²) in [5, 5.41) is 3.16. The number of anilines is 1. The molecule has 0 radical (unpaired) electrons. The highest BCUT2D eigenvalue weighted by atomic mass is 16.5. The smallest absolute Gasteiger partial charge is 0.218 e. The summed E-state index contributed by atoms with van der Waals surface area (Å²) < 4.78 is 5.40. The summed E-state index contributed by atoms with van der Waals surface area (Å²) in [6.45, 7) is 5.36. The second kappa shape index (κ2) is 7.52. The summed E-state index contributed by atoms with van der Waals surface area (Å²) in [6.07, 6.45) is 3.28. The second-order valence-corrected chi connectivity index (χ2v) is 3.19. The average molecular weight is 219 g/mol. The molecule has 1 aromatic rings. The highest BCUT2D eigenvalue weighted by Crippen LogP contribution is 2.10. The normalized spacial score (nSPS) is 9.12. The maximum Gasteiger partial charge on any atom is 0.218 e. The van der Waals surface area contributed by atoms with E-state index in [0.29, 0.717) is 12.5 Å². The zero-order chi connectivity index (χ0) is 11.6. The molecule has 0 aromatic carbocycles. The van der Waals surface area contributed by atoms with E-state index >= 15 is 0 Å². The molecule has 0 saturated heterocycles. The van der Waals surface area contributed by atoms with Crippen molar-refractivity contribution in [2.24, 2.45) is 0 Å². The topological polar surface area (TPSA) is 47.0 Å². The molecule has 0 aliphatic rings. The number of rotatable bonds is 6. The van der Waals surface area contributed by atoms with Gasteiger partial charge in [-0.2, -0.15) is 0 Å². The van der Waals surface area contributed by atoms with E-state index in [1.54, 1.807) is 6.07 Å². The van der Waals surface area contributed by atoms with Gasteiger partial charge in [0.05, 0.1) is 6.61 Å². The molecule has 4 heteroatoms. The van der Waals surface area contributed by atoms with E-state index in [1.807, 2.05) is 6.92 Å². The Morgan fingerprint density at radius 1 is 1.44 bits per heavy atom. The first-order valence-corrected chi connectivity index (χ1v) is 5.45.